The Hall–Kier alpha value is -2.72. The maximum absolute atomic E-state index is 6.33. The van der Waals surface area contributed by atoms with Crippen LogP contribution in [0.4, 0.5) is 5.69 Å². The van der Waals surface area contributed by atoms with Gasteiger partial charge in [-0.2, -0.15) is 0 Å². The lowest BCUT2D eigenvalue weighted by molar-refractivity contribution is -0.458. The number of hydrogen-bond donors (Lipinski definition) is 0. The molecule has 0 saturated heterocycles. The summed E-state index contributed by atoms with van der Waals surface area (Å²) >= 11 is 1.95. The van der Waals surface area contributed by atoms with Gasteiger partial charge in [-0.1, -0.05) is 67.6 Å². The molecule has 1 atom stereocenters. The van der Waals surface area contributed by atoms with Crippen molar-refractivity contribution in [3.8, 4) is 5.75 Å². The van der Waals surface area contributed by atoms with Crippen molar-refractivity contribution in [3.05, 3.63) is 88.7 Å². The molecule has 2 aromatic rings. The van der Waals surface area contributed by atoms with Gasteiger partial charge in [0.25, 0.3) is 0 Å². The minimum atomic E-state index is -0.206. The van der Waals surface area contributed by atoms with E-state index in [1.54, 1.807) is 0 Å². The van der Waals surface area contributed by atoms with Gasteiger partial charge in [-0.25, -0.2) is 4.58 Å². The lowest BCUT2D eigenvalue weighted by Gasteiger charge is -2.47. The van der Waals surface area contributed by atoms with Crippen LogP contribution in [-0.2, 0) is 5.41 Å². The van der Waals surface area contributed by atoms with Crippen LogP contribution in [0, 0.1) is 6.92 Å². The highest BCUT2D eigenvalue weighted by molar-refractivity contribution is 8.10. The summed E-state index contributed by atoms with van der Waals surface area (Å²) in [5, 5.41) is 0. The Labute approximate surface area is 189 Å². The second-order valence-corrected chi connectivity index (χ2v) is 10.6. The van der Waals surface area contributed by atoms with Crippen molar-refractivity contribution in [1.82, 2.24) is 0 Å². The van der Waals surface area contributed by atoms with Crippen molar-refractivity contribution in [1.29, 1.82) is 0 Å². The van der Waals surface area contributed by atoms with Gasteiger partial charge in [0.05, 0.1) is 0 Å². The number of anilines is 1. The molecule has 3 aliphatic heterocycles. The van der Waals surface area contributed by atoms with E-state index in [4.69, 9.17) is 4.74 Å². The van der Waals surface area contributed by atoms with E-state index in [0.717, 1.165) is 17.1 Å². The van der Waals surface area contributed by atoms with Crippen LogP contribution in [0.2, 0.25) is 0 Å². The van der Waals surface area contributed by atoms with Crippen LogP contribution in [0.15, 0.2) is 72.0 Å². The van der Waals surface area contributed by atoms with Gasteiger partial charge in [0.15, 0.2) is 6.21 Å². The SMILES string of the molecule is Cc1ccc2c(c1)C(C)(C)C1(C=CC3=C(S1)c1ccccc1O/C3=C\C=[N+](C)C)N2C. The van der Waals surface area contributed by atoms with E-state index < -0.39 is 0 Å². The number of ether oxygens (including phenoxy) is 1. The normalized spacial score (nSPS) is 24.1. The molecule has 0 fully saturated rings. The molecule has 3 aliphatic rings. The molecule has 0 radical (unpaired) electrons. The van der Waals surface area contributed by atoms with Gasteiger partial charge < -0.3 is 9.64 Å². The van der Waals surface area contributed by atoms with E-state index in [0.29, 0.717) is 0 Å². The Bertz CT molecular complexity index is 1210. The van der Waals surface area contributed by atoms with Gasteiger partial charge >= 0.3 is 0 Å². The molecular weight excluding hydrogens is 400 g/mol. The smallest absolute Gasteiger partial charge is 0.166 e. The number of likely N-dealkylation sites (N-methyl/N-ethyl adjacent to an activating group) is 1. The summed E-state index contributed by atoms with van der Waals surface area (Å²) in [6.07, 6.45) is 8.76. The summed E-state index contributed by atoms with van der Waals surface area (Å²) in [6, 6.07) is 15.2. The van der Waals surface area contributed by atoms with Crippen molar-refractivity contribution < 1.29 is 9.31 Å². The maximum atomic E-state index is 6.33. The molecule has 31 heavy (non-hydrogen) atoms. The monoisotopic (exact) mass is 429 g/mol. The Balaban J connectivity index is 1.68. The summed E-state index contributed by atoms with van der Waals surface area (Å²) in [5.74, 6) is 1.82. The van der Waals surface area contributed by atoms with Crippen LogP contribution in [0.3, 0.4) is 0 Å². The number of benzene rings is 2. The number of aryl methyl sites for hydroxylation is 1. The average molecular weight is 430 g/mol. The van der Waals surface area contributed by atoms with E-state index in [1.807, 2.05) is 42.7 Å². The number of thioether (sulfide) groups is 1. The average Bonchev–Trinajstić information content (AvgIpc) is 2.90. The van der Waals surface area contributed by atoms with Crippen molar-refractivity contribution in [2.24, 2.45) is 0 Å². The Morgan fingerprint density at radius 1 is 1.10 bits per heavy atom. The third-order valence-corrected chi connectivity index (χ3v) is 8.58. The molecule has 3 nitrogen and oxygen atoms in total. The summed E-state index contributed by atoms with van der Waals surface area (Å²) in [7, 11) is 6.28. The highest BCUT2D eigenvalue weighted by Crippen LogP contribution is 2.63. The van der Waals surface area contributed by atoms with E-state index in [2.05, 4.69) is 87.3 Å². The summed E-state index contributed by atoms with van der Waals surface area (Å²) in [6.45, 7) is 6.93. The fourth-order valence-corrected chi connectivity index (χ4v) is 6.52. The molecular formula is C27H29N2OS+. The molecule has 1 spiro atoms. The van der Waals surface area contributed by atoms with Crippen LogP contribution >= 0.6 is 11.8 Å². The lowest BCUT2D eigenvalue weighted by atomic mass is 9.79. The molecule has 0 saturated carbocycles. The van der Waals surface area contributed by atoms with Crippen LogP contribution in [0.5, 0.6) is 5.75 Å². The Morgan fingerprint density at radius 3 is 2.65 bits per heavy atom. The number of rotatable bonds is 1. The van der Waals surface area contributed by atoms with Gasteiger partial charge in [-0.3, -0.25) is 0 Å². The predicted octanol–water partition coefficient (Wildman–Crippen LogP) is 5.75. The second kappa shape index (κ2) is 6.89. The number of fused-ring (bicyclic) bond motifs is 3. The summed E-state index contributed by atoms with van der Waals surface area (Å²) in [5.41, 5.74) is 6.30. The zero-order valence-electron chi connectivity index (χ0n) is 19.1. The first kappa shape index (κ1) is 20.2. The molecule has 0 amide bonds. The van der Waals surface area contributed by atoms with E-state index in [-0.39, 0.29) is 10.3 Å². The number of allylic oxidation sites excluding steroid dienone is 2. The van der Waals surface area contributed by atoms with Gasteiger partial charge in [0, 0.05) is 40.3 Å². The third-order valence-electron chi connectivity index (χ3n) is 6.70. The highest BCUT2D eigenvalue weighted by atomic mass is 32.2. The Morgan fingerprint density at radius 2 is 1.87 bits per heavy atom. The molecule has 2 aromatic carbocycles. The van der Waals surface area contributed by atoms with Gasteiger partial charge in [0.2, 0.25) is 0 Å². The van der Waals surface area contributed by atoms with Crippen molar-refractivity contribution in [2.75, 3.05) is 26.0 Å². The maximum Gasteiger partial charge on any atom is 0.166 e. The zero-order chi connectivity index (χ0) is 22.0. The quantitative estimate of drug-likeness (QED) is 0.424. The third kappa shape index (κ3) is 2.85. The molecule has 4 heteroatoms. The van der Waals surface area contributed by atoms with Crippen molar-refractivity contribution in [3.63, 3.8) is 0 Å². The molecule has 3 heterocycles. The van der Waals surface area contributed by atoms with Crippen LogP contribution in [0.1, 0.15) is 30.5 Å². The molecule has 0 bridgehead atoms. The standard InChI is InChI=1S/C27H29N2OS/c1-18-11-12-22-21(17-18)26(2,3)27(29(22)6)15-13-20-24(14-16-28(4)5)30-23-10-8-7-9-19(23)25(20)31-27/h7-17H,1-6H3/q+1/b24-14-. The molecule has 1 unspecified atom stereocenters. The first-order chi connectivity index (χ1) is 14.7. The summed E-state index contributed by atoms with van der Waals surface area (Å²) < 4.78 is 8.36. The zero-order valence-corrected chi connectivity index (χ0v) is 19.9. The van der Waals surface area contributed by atoms with Gasteiger partial charge in [0.1, 0.15) is 30.5 Å². The van der Waals surface area contributed by atoms with Crippen molar-refractivity contribution >= 4 is 28.6 Å². The van der Waals surface area contributed by atoms with Crippen molar-refractivity contribution in [2.45, 2.75) is 31.1 Å². The van der Waals surface area contributed by atoms with Gasteiger partial charge in [-0.15, -0.1) is 0 Å². The van der Waals surface area contributed by atoms with E-state index in [9.17, 15) is 0 Å². The number of hydrogen-bond acceptors (Lipinski definition) is 3. The summed E-state index contributed by atoms with van der Waals surface area (Å²) in [4.78, 5) is 3.54. The van der Waals surface area contributed by atoms with E-state index >= 15 is 0 Å². The first-order valence-electron chi connectivity index (χ1n) is 10.7. The Kier molecular flexibility index (Phi) is 4.49. The molecule has 0 N–H and O–H groups in total. The van der Waals surface area contributed by atoms with E-state index in [1.165, 1.54) is 27.3 Å². The highest BCUT2D eigenvalue weighted by Gasteiger charge is 2.56. The fourth-order valence-electron chi connectivity index (χ4n) is 4.92. The number of nitrogens with zero attached hydrogens (tertiary/aromatic N) is 2. The fraction of sp³-hybridized carbons (Fsp3) is 0.296. The molecule has 5 rings (SSSR count). The number of para-hydroxylation sites is 1. The second-order valence-electron chi connectivity index (χ2n) is 9.32. The van der Waals surface area contributed by atoms with Gasteiger partial charge in [-0.05, 0) is 30.7 Å². The predicted molar refractivity (Wildman–Crippen MR) is 132 cm³/mol. The molecule has 0 aromatic heterocycles. The van der Waals surface area contributed by atoms with Crippen LogP contribution in [-0.4, -0.2) is 36.8 Å². The minimum absolute atomic E-state index is 0.0598. The molecule has 0 aliphatic carbocycles. The van der Waals surface area contributed by atoms with Crippen LogP contribution in [0.25, 0.3) is 4.91 Å². The first-order valence-corrected chi connectivity index (χ1v) is 11.5. The largest absolute Gasteiger partial charge is 0.456 e. The topological polar surface area (TPSA) is 15.5 Å². The lowest BCUT2D eigenvalue weighted by Crippen LogP contribution is -2.50. The van der Waals surface area contributed by atoms with Crippen LogP contribution < -0.4 is 9.64 Å². The molecule has 158 valence electrons. The minimum Gasteiger partial charge on any atom is -0.456 e.